The zero-order valence-electron chi connectivity index (χ0n) is 19.9. The molecule has 0 aliphatic heterocycles. The number of carbonyl (C=O) groups is 1. The molecule has 1 aromatic carbocycles. The van der Waals surface area contributed by atoms with E-state index in [-0.39, 0.29) is 5.91 Å². The van der Waals surface area contributed by atoms with Gasteiger partial charge in [0.25, 0.3) is 5.91 Å². The van der Waals surface area contributed by atoms with Crippen molar-refractivity contribution in [2.75, 3.05) is 6.54 Å². The van der Waals surface area contributed by atoms with Crippen LogP contribution >= 0.6 is 0 Å². The smallest absolute Gasteiger partial charge is 0.251 e. The zero-order valence-corrected chi connectivity index (χ0v) is 19.9. The highest BCUT2D eigenvalue weighted by Crippen LogP contribution is 2.11. The Kier molecular flexibility index (Phi) is 10.7. The number of benzene rings is 1. The van der Waals surface area contributed by atoms with Gasteiger partial charge in [-0.25, -0.2) is 4.98 Å². The molecule has 7 nitrogen and oxygen atoms in total. The fourth-order valence-corrected chi connectivity index (χ4v) is 3.92. The van der Waals surface area contributed by atoms with Crippen LogP contribution in [0.25, 0.3) is 0 Å². The van der Waals surface area contributed by atoms with Crippen LogP contribution in [0.3, 0.4) is 0 Å². The predicted octanol–water partition coefficient (Wildman–Crippen LogP) is 4.90. The molecule has 0 aliphatic rings. The van der Waals surface area contributed by atoms with E-state index in [1.165, 1.54) is 43.4 Å². The van der Waals surface area contributed by atoms with Crippen LogP contribution in [0.2, 0.25) is 0 Å². The Balaban J connectivity index is 1.28. The largest absolute Gasteiger partial charge is 0.350 e. The van der Waals surface area contributed by atoms with Gasteiger partial charge >= 0.3 is 0 Å². The summed E-state index contributed by atoms with van der Waals surface area (Å²) in [6.45, 7) is 3.39. The number of unbranched alkanes of at least 4 members (excludes halogenated alkanes) is 6. The van der Waals surface area contributed by atoms with Crippen molar-refractivity contribution < 1.29 is 4.79 Å². The van der Waals surface area contributed by atoms with Crippen LogP contribution in [0.4, 0.5) is 0 Å². The molecule has 0 bridgehead atoms. The first-order chi connectivity index (χ1) is 16.2. The number of rotatable bonds is 16. The van der Waals surface area contributed by atoms with Gasteiger partial charge in [0.1, 0.15) is 0 Å². The van der Waals surface area contributed by atoms with E-state index in [1.807, 2.05) is 29.2 Å². The Morgan fingerprint density at radius 1 is 0.970 bits per heavy atom. The number of aryl methyl sites for hydroxylation is 3. The summed E-state index contributed by atoms with van der Waals surface area (Å²) < 4.78 is 1.81. The monoisotopic (exact) mass is 450 g/mol. The van der Waals surface area contributed by atoms with Gasteiger partial charge < -0.3 is 10.3 Å². The summed E-state index contributed by atoms with van der Waals surface area (Å²) in [6, 6.07) is 8.01. The summed E-state index contributed by atoms with van der Waals surface area (Å²) >= 11 is 0. The highest BCUT2D eigenvalue weighted by molar-refractivity contribution is 5.94. The van der Waals surface area contributed by atoms with Gasteiger partial charge in [0.2, 0.25) is 0 Å². The molecule has 2 N–H and O–H groups in total. The Labute approximate surface area is 197 Å². The fraction of sp³-hybridized carbons (Fsp3) is 0.538. The van der Waals surface area contributed by atoms with E-state index in [0.717, 1.165) is 44.2 Å². The minimum Gasteiger partial charge on any atom is -0.350 e. The van der Waals surface area contributed by atoms with Gasteiger partial charge in [0.05, 0.1) is 18.6 Å². The molecule has 178 valence electrons. The van der Waals surface area contributed by atoms with Crippen LogP contribution in [0.15, 0.2) is 43.0 Å². The Morgan fingerprint density at radius 2 is 1.73 bits per heavy atom. The molecule has 0 saturated heterocycles. The normalized spacial score (nSPS) is 11.1. The first-order valence-electron chi connectivity index (χ1n) is 12.5. The fourth-order valence-electron chi connectivity index (χ4n) is 3.92. The average molecular weight is 451 g/mol. The van der Waals surface area contributed by atoms with Crippen molar-refractivity contribution in [1.82, 2.24) is 30.3 Å². The predicted molar refractivity (Wildman–Crippen MR) is 131 cm³/mol. The van der Waals surface area contributed by atoms with E-state index in [0.29, 0.717) is 18.7 Å². The number of nitrogens with one attached hydrogen (secondary N) is 2. The summed E-state index contributed by atoms with van der Waals surface area (Å²) in [6.07, 6.45) is 18.5. The molecule has 3 rings (SSSR count). The summed E-state index contributed by atoms with van der Waals surface area (Å²) in [5.74, 6) is -0.0397. The van der Waals surface area contributed by atoms with Gasteiger partial charge in [0.15, 0.2) is 0 Å². The SMILES string of the molecule is CCCCCCCc1ccc(C(=O)NCCn2cc(CCCCCc3cnc[nH]3)nn2)cc1. The molecule has 7 heteroatoms. The van der Waals surface area contributed by atoms with Gasteiger partial charge in [-0.05, 0) is 56.2 Å². The second-order valence-electron chi connectivity index (χ2n) is 8.73. The van der Waals surface area contributed by atoms with Crippen molar-refractivity contribution in [3.8, 4) is 0 Å². The Hall–Kier alpha value is -2.96. The number of carbonyl (C=O) groups excluding carboxylic acids is 1. The van der Waals surface area contributed by atoms with Crippen LogP contribution in [-0.2, 0) is 25.8 Å². The zero-order chi connectivity index (χ0) is 23.1. The molecule has 3 aromatic rings. The number of H-pyrrole nitrogens is 1. The molecule has 33 heavy (non-hydrogen) atoms. The van der Waals surface area contributed by atoms with Crippen molar-refractivity contribution in [2.24, 2.45) is 0 Å². The molecule has 0 aliphatic carbocycles. The number of aromatic nitrogens is 5. The topological polar surface area (TPSA) is 88.5 Å². The van der Waals surface area contributed by atoms with E-state index in [4.69, 9.17) is 0 Å². The van der Waals surface area contributed by atoms with Crippen LogP contribution in [0.1, 0.15) is 85.6 Å². The highest BCUT2D eigenvalue weighted by atomic mass is 16.1. The van der Waals surface area contributed by atoms with Gasteiger partial charge in [0, 0.05) is 30.2 Å². The first-order valence-corrected chi connectivity index (χ1v) is 12.5. The summed E-state index contributed by atoms with van der Waals surface area (Å²) in [5, 5.41) is 11.4. The number of hydrogen-bond donors (Lipinski definition) is 2. The molecule has 0 radical (unpaired) electrons. The molecular formula is C26H38N6O. The third-order valence-corrected chi connectivity index (χ3v) is 5.93. The quantitative estimate of drug-likeness (QED) is 0.304. The van der Waals surface area contributed by atoms with E-state index in [1.54, 1.807) is 6.33 Å². The maximum atomic E-state index is 12.4. The van der Waals surface area contributed by atoms with Gasteiger partial charge in [-0.2, -0.15) is 0 Å². The second kappa shape index (κ2) is 14.2. The molecule has 0 saturated carbocycles. The van der Waals surface area contributed by atoms with Crippen molar-refractivity contribution in [2.45, 2.75) is 84.1 Å². The van der Waals surface area contributed by atoms with Gasteiger partial charge in [-0.3, -0.25) is 9.48 Å². The lowest BCUT2D eigenvalue weighted by Crippen LogP contribution is -2.27. The van der Waals surface area contributed by atoms with E-state index in [2.05, 4.69) is 44.7 Å². The maximum absolute atomic E-state index is 12.4. The maximum Gasteiger partial charge on any atom is 0.251 e. The summed E-state index contributed by atoms with van der Waals surface area (Å²) in [7, 11) is 0. The van der Waals surface area contributed by atoms with Crippen LogP contribution in [0.5, 0.6) is 0 Å². The molecule has 0 spiro atoms. The highest BCUT2D eigenvalue weighted by Gasteiger charge is 2.06. The number of hydrogen-bond acceptors (Lipinski definition) is 4. The molecule has 0 fully saturated rings. The second-order valence-corrected chi connectivity index (χ2v) is 8.73. The standard InChI is InChI=1S/C26H38N6O/c1-2-3-4-5-7-10-22-13-15-23(16-14-22)26(33)28-17-18-32-20-25(30-31-32)12-9-6-8-11-24-19-27-21-29-24/h13-16,19-21H,2-12,17-18H2,1H3,(H,27,29)(H,28,33). The summed E-state index contributed by atoms with van der Waals surface area (Å²) in [5.41, 5.74) is 4.21. The van der Waals surface area contributed by atoms with Gasteiger partial charge in [-0.15, -0.1) is 5.10 Å². The van der Waals surface area contributed by atoms with E-state index >= 15 is 0 Å². The molecule has 2 heterocycles. The third-order valence-electron chi connectivity index (χ3n) is 5.93. The Bertz CT molecular complexity index is 917. The number of nitrogens with zero attached hydrogens (tertiary/aromatic N) is 4. The first kappa shape index (κ1) is 24.7. The van der Waals surface area contributed by atoms with E-state index < -0.39 is 0 Å². The van der Waals surface area contributed by atoms with Crippen molar-refractivity contribution >= 4 is 5.91 Å². The Morgan fingerprint density at radius 3 is 2.52 bits per heavy atom. The van der Waals surface area contributed by atoms with Crippen molar-refractivity contribution in [1.29, 1.82) is 0 Å². The number of aromatic amines is 1. The third kappa shape index (κ3) is 9.20. The lowest BCUT2D eigenvalue weighted by atomic mass is 10.0. The van der Waals surface area contributed by atoms with Crippen molar-refractivity contribution in [3.63, 3.8) is 0 Å². The van der Waals surface area contributed by atoms with Crippen LogP contribution < -0.4 is 5.32 Å². The number of imidazole rings is 1. The molecule has 2 aromatic heterocycles. The number of amides is 1. The minimum absolute atomic E-state index is 0.0397. The van der Waals surface area contributed by atoms with Crippen LogP contribution in [0, 0.1) is 0 Å². The molecular weight excluding hydrogens is 412 g/mol. The van der Waals surface area contributed by atoms with Crippen molar-refractivity contribution in [3.05, 3.63) is 65.5 Å². The van der Waals surface area contributed by atoms with Crippen LogP contribution in [-0.4, -0.2) is 37.4 Å². The molecule has 0 unspecified atom stereocenters. The lowest BCUT2D eigenvalue weighted by Gasteiger charge is -2.06. The van der Waals surface area contributed by atoms with Gasteiger partial charge in [-0.1, -0.05) is 56.4 Å². The molecule has 1 amide bonds. The van der Waals surface area contributed by atoms with E-state index in [9.17, 15) is 4.79 Å². The average Bonchev–Trinajstić information content (AvgIpc) is 3.51. The minimum atomic E-state index is -0.0397. The lowest BCUT2D eigenvalue weighted by molar-refractivity contribution is 0.0952. The summed E-state index contributed by atoms with van der Waals surface area (Å²) in [4.78, 5) is 19.6. The molecule has 0 atom stereocenters.